The van der Waals surface area contributed by atoms with Crippen LogP contribution in [-0.4, -0.2) is 47.5 Å². The average Bonchev–Trinajstić information content (AvgIpc) is 3.55. The number of H-pyrrole nitrogens is 1. The Bertz CT molecular complexity index is 1400. The summed E-state index contributed by atoms with van der Waals surface area (Å²) < 4.78 is 1.82. The number of imidazole rings is 1. The van der Waals surface area contributed by atoms with Gasteiger partial charge < -0.3 is 15.4 Å². The number of thiophene rings is 1. The molecule has 8 nitrogen and oxygen atoms in total. The summed E-state index contributed by atoms with van der Waals surface area (Å²) in [7, 11) is 1.93. The highest BCUT2D eigenvalue weighted by molar-refractivity contribution is 7.22. The summed E-state index contributed by atoms with van der Waals surface area (Å²) in [6.45, 7) is 0.229. The minimum Gasteiger partial charge on any atom is -0.396 e. The van der Waals surface area contributed by atoms with E-state index in [-0.39, 0.29) is 12.6 Å². The second kappa shape index (κ2) is 8.09. The average molecular weight is 458 g/mol. The van der Waals surface area contributed by atoms with Crippen LogP contribution < -0.4 is 5.32 Å². The van der Waals surface area contributed by atoms with Gasteiger partial charge in [-0.2, -0.15) is 5.10 Å². The Morgan fingerprint density at radius 1 is 1.18 bits per heavy atom. The van der Waals surface area contributed by atoms with Gasteiger partial charge in [-0.1, -0.05) is 30.3 Å². The van der Waals surface area contributed by atoms with E-state index in [1.54, 1.807) is 23.7 Å². The molecule has 3 N–H and O–H groups in total. The monoisotopic (exact) mass is 457 g/mol. The fraction of sp³-hybridized carbons (Fsp3) is 0.250. The highest BCUT2D eigenvalue weighted by Crippen LogP contribution is 2.47. The van der Waals surface area contributed by atoms with Crippen molar-refractivity contribution in [2.75, 3.05) is 11.9 Å². The van der Waals surface area contributed by atoms with Crippen molar-refractivity contribution < 1.29 is 5.11 Å². The summed E-state index contributed by atoms with van der Waals surface area (Å²) in [6.07, 6.45) is 7.29. The normalized spacial score (nSPS) is 17.9. The molecule has 0 bridgehead atoms. The van der Waals surface area contributed by atoms with Crippen molar-refractivity contribution in [1.82, 2.24) is 29.7 Å². The Morgan fingerprint density at radius 2 is 2.03 bits per heavy atom. The topological polar surface area (TPSA) is 105 Å². The van der Waals surface area contributed by atoms with E-state index in [0.29, 0.717) is 17.6 Å². The van der Waals surface area contributed by atoms with Gasteiger partial charge in [0.15, 0.2) is 11.6 Å². The van der Waals surface area contributed by atoms with E-state index < -0.39 is 0 Å². The summed E-state index contributed by atoms with van der Waals surface area (Å²) in [4.78, 5) is 19.3. The number of aromatic nitrogens is 6. The van der Waals surface area contributed by atoms with Crippen LogP contribution in [0.4, 0.5) is 5.82 Å². The minimum absolute atomic E-state index is 0.229. The van der Waals surface area contributed by atoms with Crippen LogP contribution >= 0.6 is 11.3 Å². The van der Waals surface area contributed by atoms with E-state index in [4.69, 9.17) is 9.97 Å². The second-order valence-corrected chi connectivity index (χ2v) is 9.42. The smallest absolute Gasteiger partial charge is 0.199 e. The minimum atomic E-state index is 0.229. The van der Waals surface area contributed by atoms with Crippen molar-refractivity contribution in [3.63, 3.8) is 0 Å². The molecule has 33 heavy (non-hydrogen) atoms. The van der Waals surface area contributed by atoms with Crippen LogP contribution in [0.15, 0.2) is 55.0 Å². The van der Waals surface area contributed by atoms with Gasteiger partial charge in [-0.3, -0.25) is 4.68 Å². The highest BCUT2D eigenvalue weighted by Gasteiger charge is 2.31. The second-order valence-electron chi connectivity index (χ2n) is 8.42. The van der Waals surface area contributed by atoms with E-state index in [9.17, 15) is 5.11 Å². The Labute approximate surface area is 194 Å². The molecule has 166 valence electrons. The first-order chi connectivity index (χ1) is 16.2. The number of rotatable bonds is 6. The van der Waals surface area contributed by atoms with Gasteiger partial charge in [0.1, 0.15) is 16.3 Å². The van der Waals surface area contributed by atoms with Crippen LogP contribution in [0.5, 0.6) is 0 Å². The van der Waals surface area contributed by atoms with E-state index in [1.165, 1.54) is 0 Å². The molecule has 0 spiro atoms. The Morgan fingerprint density at radius 3 is 2.73 bits per heavy atom. The molecule has 1 saturated carbocycles. The fourth-order valence-corrected chi connectivity index (χ4v) is 5.55. The van der Waals surface area contributed by atoms with E-state index in [1.807, 2.05) is 42.2 Å². The molecular weight excluding hydrogens is 434 g/mol. The Balaban J connectivity index is 1.59. The zero-order valence-electron chi connectivity index (χ0n) is 18.1. The van der Waals surface area contributed by atoms with Crippen molar-refractivity contribution >= 4 is 27.4 Å². The fourth-order valence-electron chi connectivity index (χ4n) is 4.39. The lowest BCUT2D eigenvalue weighted by molar-refractivity contribution is 0.151. The number of hydrogen-bond donors (Lipinski definition) is 3. The van der Waals surface area contributed by atoms with Crippen molar-refractivity contribution in [3.8, 4) is 33.3 Å². The molecule has 0 radical (unpaired) electrons. The zero-order chi connectivity index (χ0) is 22.4. The lowest BCUT2D eigenvalue weighted by Gasteiger charge is -2.35. The molecule has 5 aromatic rings. The summed E-state index contributed by atoms with van der Waals surface area (Å²) in [6, 6.07) is 12.6. The third kappa shape index (κ3) is 3.59. The molecular formula is C24H23N7OS. The first-order valence-corrected chi connectivity index (χ1v) is 11.8. The Kier molecular flexibility index (Phi) is 4.92. The zero-order valence-corrected chi connectivity index (χ0v) is 18.9. The SMILES string of the molecule is Cn1ccc(-c2sc3nc(-c4ncc[nH]4)nc(NC4CC(CO)C4)c3c2-c2ccccc2)n1. The van der Waals surface area contributed by atoms with Crippen LogP contribution in [-0.2, 0) is 7.05 Å². The van der Waals surface area contributed by atoms with Gasteiger partial charge in [-0.25, -0.2) is 15.0 Å². The third-order valence-electron chi connectivity index (χ3n) is 6.11. The first kappa shape index (κ1) is 20.1. The van der Waals surface area contributed by atoms with Crippen LogP contribution in [0.3, 0.4) is 0 Å². The van der Waals surface area contributed by atoms with Gasteiger partial charge in [0.05, 0.1) is 10.3 Å². The van der Waals surface area contributed by atoms with Crippen molar-refractivity contribution in [2.24, 2.45) is 13.0 Å². The van der Waals surface area contributed by atoms with Crippen molar-refractivity contribution in [3.05, 3.63) is 55.0 Å². The number of fused-ring (bicyclic) bond motifs is 1. The molecule has 1 aromatic carbocycles. The molecule has 1 aliphatic carbocycles. The maximum Gasteiger partial charge on any atom is 0.199 e. The predicted molar refractivity (Wildman–Crippen MR) is 130 cm³/mol. The van der Waals surface area contributed by atoms with Gasteiger partial charge in [0.25, 0.3) is 0 Å². The third-order valence-corrected chi connectivity index (χ3v) is 7.21. The van der Waals surface area contributed by atoms with E-state index >= 15 is 0 Å². The Hall–Kier alpha value is -3.56. The van der Waals surface area contributed by atoms with Gasteiger partial charge >= 0.3 is 0 Å². The molecule has 9 heteroatoms. The lowest BCUT2D eigenvalue weighted by Crippen LogP contribution is -2.37. The molecule has 0 amide bonds. The molecule has 6 rings (SSSR count). The summed E-state index contributed by atoms with van der Waals surface area (Å²) in [5.41, 5.74) is 3.10. The quantitative estimate of drug-likeness (QED) is 0.351. The van der Waals surface area contributed by atoms with Crippen LogP contribution in [0.2, 0.25) is 0 Å². The summed E-state index contributed by atoms with van der Waals surface area (Å²) in [5, 5.41) is 18.8. The van der Waals surface area contributed by atoms with Crippen LogP contribution in [0, 0.1) is 5.92 Å². The molecule has 4 heterocycles. The number of hydrogen-bond acceptors (Lipinski definition) is 7. The van der Waals surface area contributed by atoms with E-state index in [0.717, 1.165) is 50.6 Å². The number of aliphatic hydroxyl groups is 1. The molecule has 1 fully saturated rings. The van der Waals surface area contributed by atoms with Crippen LogP contribution in [0.1, 0.15) is 12.8 Å². The number of anilines is 1. The van der Waals surface area contributed by atoms with Gasteiger partial charge in [0.2, 0.25) is 0 Å². The number of aryl methyl sites for hydroxylation is 1. The standard InChI is InChI=1S/C24H23N7OS/c1-31-10-7-17(30-31)20-18(15-5-3-2-4-6-15)19-21(27-16-11-14(12-16)13-32)28-23(29-24(19)33-20)22-25-8-9-26-22/h2-10,14,16,32H,11-13H2,1H3,(H,25,26)(H,27,28,29). The van der Waals surface area contributed by atoms with Gasteiger partial charge in [-0.05, 0) is 30.4 Å². The number of aromatic amines is 1. The van der Waals surface area contributed by atoms with E-state index in [2.05, 4.69) is 32.5 Å². The number of nitrogens with one attached hydrogen (secondary N) is 2. The number of aliphatic hydroxyl groups excluding tert-OH is 1. The van der Waals surface area contributed by atoms with Gasteiger partial charge in [-0.15, -0.1) is 11.3 Å². The number of benzene rings is 1. The van der Waals surface area contributed by atoms with Crippen molar-refractivity contribution in [2.45, 2.75) is 18.9 Å². The lowest BCUT2D eigenvalue weighted by atomic mass is 9.81. The maximum absolute atomic E-state index is 9.46. The first-order valence-electron chi connectivity index (χ1n) is 11.0. The molecule has 0 unspecified atom stereocenters. The van der Waals surface area contributed by atoms with Gasteiger partial charge in [0, 0.05) is 43.9 Å². The summed E-state index contributed by atoms with van der Waals surface area (Å²) >= 11 is 1.62. The summed E-state index contributed by atoms with van der Waals surface area (Å²) in [5.74, 6) is 2.34. The maximum atomic E-state index is 9.46. The molecule has 1 aliphatic rings. The highest BCUT2D eigenvalue weighted by atomic mass is 32.1. The molecule has 0 saturated heterocycles. The van der Waals surface area contributed by atoms with Crippen molar-refractivity contribution in [1.29, 1.82) is 0 Å². The molecule has 4 aromatic heterocycles. The predicted octanol–water partition coefficient (Wildman–Crippen LogP) is 4.33. The number of nitrogens with zero attached hydrogens (tertiary/aromatic N) is 5. The largest absolute Gasteiger partial charge is 0.396 e. The molecule has 0 aliphatic heterocycles. The molecule has 0 atom stereocenters. The van der Waals surface area contributed by atoms with Crippen LogP contribution in [0.25, 0.3) is 43.6 Å².